The fourth-order valence-electron chi connectivity index (χ4n) is 6.73. The summed E-state index contributed by atoms with van der Waals surface area (Å²) in [5.41, 5.74) is 15.3. The van der Waals surface area contributed by atoms with Gasteiger partial charge in [-0.2, -0.15) is 0 Å². The summed E-state index contributed by atoms with van der Waals surface area (Å²) in [6.45, 7) is 0. The molecule has 0 heterocycles. The smallest absolute Gasteiger partial charge is 0.0540 e. The van der Waals surface area contributed by atoms with Crippen molar-refractivity contribution in [1.29, 1.82) is 0 Å². The third-order valence-corrected chi connectivity index (χ3v) is 9.11. The molecule has 0 aliphatic carbocycles. The maximum atomic E-state index is 2.38. The van der Waals surface area contributed by atoms with E-state index in [1.165, 1.54) is 50.1 Å². The molecule has 8 rings (SSSR count). The first kappa shape index (κ1) is 29.9. The van der Waals surface area contributed by atoms with E-state index in [0.717, 1.165) is 22.6 Å². The van der Waals surface area contributed by atoms with Crippen molar-refractivity contribution in [2.45, 2.75) is 0 Å². The maximum Gasteiger partial charge on any atom is 0.0540 e. The summed E-state index contributed by atoms with van der Waals surface area (Å²) in [5, 5.41) is 0. The van der Waals surface area contributed by atoms with Crippen LogP contribution in [0.25, 0.3) is 55.6 Å². The van der Waals surface area contributed by atoms with Crippen LogP contribution in [-0.2, 0) is 0 Å². The molecule has 0 spiro atoms. The molecule has 8 aromatic rings. The minimum Gasteiger partial charge on any atom is -0.310 e. The van der Waals surface area contributed by atoms with Crippen LogP contribution in [0.3, 0.4) is 0 Å². The van der Waals surface area contributed by atoms with Gasteiger partial charge in [-0.05, 0) is 86.5 Å². The van der Waals surface area contributed by atoms with Gasteiger partial charge >= 0.3 is 0 Å². The molecule has 8 aromatic carbocycles. The molecule has 0 amide bonds. The molecule has 0 aliphatic rings. The van der Waals surface area contributed by atoms with Gasteiger partial charge in [-0.1, -0.05) is 176 Å². The van der Waals surface area contributed by atoms with Crippen molar-refractivity contribution in [3.63, 3.8) is 0 Å². The Balaban J connectivity index is 1.34. The van der Waals surface area contributed by atoms with Crippen LogP contribution in [0.1, 0.15) is 0 Å². The predicted octanol–water partition coefficient (Wildman–Crippen LogP) is 13.5. The highest BCUT2D eigenvalue weighted by Gasteiger charge is 2.21. The van der Waals surface area contributed by atoms with Gasteiger partial charge in [-0.15, -0.1) is 0 Å². The van der Waals surface area contributed by atoms with Gasteiger partial charge in [0.2, 0.25) is 0 Å². The Morgan fingerprint density at radius 1 is 0.224 bits per heavy atom. The minimum atomic E-state index is 1.10. The Labute approximate surface area is 289 Å². The molecule has 0 radical (unpaired) electrons. The highest BCUT2D eigenvalue weighted by molar-refractivity contribution is 5.98. The second-order valence-corrected chi connectivity index (χ2v) is 12.1. The van der Waals surface area contributed by atoms with Gasteiger partial charge in [0, 0.05) is 16.9 Å². The zero-order chi connectivity index (χ0) is 32.8. The van der Waals surface area contributed by atoms with E-state index in [2.05, 4.69) is 217 Å². The highest BCUT2D eigenvalue weighted by Crippen LogP contribution is 2.46. The van der Waals surface area contributed by atoms with Crippen molar-refractivity contribution in [1.82, 2.24) is 0 Å². The second kappa shape index (κ2) is 13.7. The van der Waals surface area contributed by atoms with Crippen LogP contribution in [0.5, 0.6) is 0 Å². The first-order valence-electron chi connectivity index (χ1n) is 16.8. The van der Waals surface area contributed by atoms with Gasteiger partial charge in [-0.3, -0.25) is 0 Å². The average molecular weight is 626 g/mol. The first-order chi connectivity index (χ1) is 24.3. The van der Waals surface area contributed by atoms with Crippen LogP contribution >= 0.6 is 0 Å². The van der Waals surface area contributed by atoms with E-state index in [1.807, 2.05) is 0 Å². The zero-order valence-electron chi connectivity index (χ0n) is 27.2. The third-order valence-electron chi connectivity index (χ3n) is 9.11. The van der Waals surface area contributed by atoms with Gasteiger partial charge in [0.25, 0.3) is 0 Å². The standard InChI is InChI=1S/C48H35N/c1-5-17-36(18-6-1)38-29-32-42(33-30-38)49(41-23-11-4-12-24-41)48-28-16-15-27-46(48)45-34-31-40(37-19-7-2-8-20-37)35-47(45)44-26-14-13-25-43(44)39-21-9-3-10-22-39/h1-35H. The van der Waals surface area contributed by atoms with Crippen LogP contribution in [0.4, 0.5) is 17.1 Å². The molecule has 0 aromatic heterocycles. The summed E-state index contributed by atoms with van der Waals surface area (Å²) >= 11 is 0. The summed E-state index contributed by atoms with van der Waals surface area (Å²) in [6, 6.07) is 76.0. The SMILES string of the molecule is c1ccc(-c2ccc(N(c3ccccc3)c3ccccc3-c3ccc(-c4ccccc4)cc3-c3ccccc3-c3ccccc3)cc2)cc1. The number of nitrogens with zero attached hydrogens (tertiary/aromatic N) is 1. The molecule has 1 nitrogen and oxygen atoms in total. The summed E-state index contributed by atoms with van der Waals surface area (Å²) in [7, 11) is 0. The van der Waals surface area contributed by atoms with E-state index in [1.54, 1.807) is 0 Å². The summed E-state index contributed by atoms with van der Waals surface area (Å²) in [5.74, 6) is 0. The zero-order valence-corrected chi connectivity index (χ0v) is 27.2. The molecule has 1 heteroatoms. The third kappa shape index (κ3) is 6.18. The van der Waals surface area contributed by atoms with Crippen LogP contribution < -0.4 is 4.90 Å². The van der Waals surface area contributed by atoms with Gasteiger partial charge in [0.05, 0.1) is 5.69 Å². The lowest BCUT2D eigenvalue weighted by Crippen LogP contribution is -2.11. The lowest BCUT2D eigenvalue weighted by atomic mass is 9.86. The fourth-order valence-corrected chi connectivity index (χ4v) is 6.73. The monoisotopic (exact) mass is 625 g/mol. The Hall–Kier alpha value is -6.44. The number of hydrogen-bond donors (Lipinski definition) is 0. The maximum absolute atomic E-state index is 2.38. The predicted molar refractivity (Wildman–Crippen MR) is 208 cm³/mol. The molecule has 0 atom stereocenters. The van der Waals surface area contributed by atoms with Crippen LogP contribution in [0.2, 0.25) is 0 Å². The molecule has 0 fully saturated rings. The normalized spacial score (nSPS) is 10.9. The average Bonchev–Trinajstić information content (AvgIpc) is 3.20. The number of benzene rings is 8. The molecule has 0 saturated carbocycles. The summed E-state index contributed by atoms with van der Waals surface area (Å²) in [4.78, 5) is 2.38. The summed E-state index contributed by atoms with van der Waals surface area (Å²) < 4.78 is 0. The van der Waals surface area contributed by atoms with E-state index < -0.39 is 0 Å². The van der Waals surface area contributed by atoms with Gasteiger partial charge in [0.1, 0.15) is 0 Å². The van der Waals surface area contributed by atoms with Crippen molar-refractivity contribution in [3.05, 3.63) is 212 Å². The van der Waals surface area contributed by atoms with Crippen molar-refractivity contribution in [3.8, 4) is 55.6 Å². The van der Waals surface area contributed by atoms with Crippen LogP contribution in [-0.4, -0.2) is 0 Å². The highest BCUT2D eigenvalue weighted by atomic mass is 15.1. The number of anilines is 3. The van der Waals surface area contributed by atoms with Crippen LogP contribution in [0.15, 0.2) is 212 Å². The van der Waals surface area contributed by atoms with E-state index in [4.69, 9.17) is 0 Å². The molecule has 0 saturated heterocycles. The van der Waals surface area contributed by atoms with E-state index >= 15 is 0 Å². The Morgan fingerprint density at radius 2 is 0.633 bits per heavy atom. The van der Waals surface area contributed by atoms with Gasteiger partial charge in [0.15, 0.2) is 0 Å². The first-order valence-corrected chi connectivity index (χ1v) is 16.8. The van der Waals surface area contributed by atoms with E-state index in [-0.39, 0.29) is 0 Å². The number of rotatable bonds is 8. The van der Waals surface area contributed by atoms with E-state index in [0.29, 0.717) is 0 Å². The molecular formula is C48H35N. The largest absolute Gasteiger partial charge is 0.310 e. The quantitative estimate of drug-likeness (QED) is 0.162. The van der Waals surface area contributed by atoms with Crippen molar-refractivity contribution >= 4 is 17.1 Å². The van der Waals surface area contributed by atoms with Gasteiger partial charge in [-0.25, -0.2) is 0 Å². The van der Waals surface area contributed by atoms with Crippen molar-refractivity contribution < 1.29 is 0 Å². The van der Waals surface area contributed by atoms with Crippen LogP contribution in [0, 0.1) is 0 Å². The molecule has 0 unspecified atom stereocenters. The molecular weight excluding hydrogens is 591 g/mol. The lowest BCUT2D eigenvalue weighted by molar-refractivity contribution is 1.28. The number of hydrogen-bond acceptors (Lipinski definition) is 1. The minimum absolute atomic E-state index is 1.10. The molecule has 0 N–H and O–H groups in total. The Bertz CT molecular complexity index is 2290. The molecule has 0 aliphatic heterocycles. The van der Waals surface area contributed by atoms with Crippen molar-refractivity contribution in [2.24, 2.45) is 0 Å². The lowest BCUT2D eigenvalue weighted by Gasteiger charge is -2.29. The molecule has 49 heavy (non-hydrogen) atoms. The topological polar surface area (TPSA) is 3.24 Å². The molecule has 0 bridgehead atoms. The Morgan fingerprint density at radius 3 is 1.27 bits per heavy atom. The second-order valence-electron chi connectivity index (χ2n) is 12.1. The van der Waals surface area contributed by atoms with Gasteiger partial charge < -0.3 is 4.90 Å². The fraction of sp³-hybridized carbons (Fsp3) is 0. The summed E-state index contributed by atoms with van der Waals surface area (Å²) in [6.07, 6.45) is 0. The Kier molecular flexibility index (Phi) is 8.39. The number of para-hydroxylation sites is 2. The van der Waals surface area contributed by atoms with Crippen molar-refractivity contribution in [2.75, 3.05) is 4.90 Å². The molecule has 232 valence electrons. The van der Waals surface area contributed by atoms with E-state index in [9.17, 15) is 0 Å².